The number of sulfonamides is 1. The highest BCUT2D eigenvalue weighted by molar-refractivity contribution is 7.92. The summed E-state index contributed by atoms with van der Waals surface area (Å²) < 4.78 is 93.5. The lowest BCUT2D eigenvalue weighted by Crippen LogP contribution is -2.19. The molecule has 0 unspecified atom stereocenters. The Labute approximate surface area is 233 Å². The molecule has 0 radical (unpaired) electrons. The van der Waals surface area contributed by atoms with Gasteiger partial charge in [0, 0.05) is 35.4 Å². The number of aromatic nitrogens is 3. The van der Waals surface area contributed by atoms with Crippen LogP contribution in [0.4, 0.5) is 23.5 Å². The monoisotopic (exact) mass is 588 g/mol. The van der Waals surface area contributed by atoms with Crippen LogP contribution in [0, 0.1) is 5.82 Å². The number of hydrogen-bond donors (Lipinski definition) is 1. The van der Waals surface area contributed by atoms with Gasteiger partial charge in [-0.15, -0.1) is 0 Å². The van der Waals surface area contributed by atoms with Gasteiger partial charge in [0.2, 0.25) is 11.8 Å². The van der Waals surface area contributed by atoms with Gasteiger partial charge in [-0.1, -0.05) is 12.1 Å². The van der Waals surface area contributed by atoms with Gasteiger partial charge in [-0.3, -0.25) is 0 Å². The number of nitrogens with one attached hydrogen (secondary N) is 1. The molecule has 4 aromatic rings. The molecule has 0 saturated heterocycles. The van der Waals surface area contributed by atoms with Gasteiger partial charge in [-0.25, -0.2) is 32.5 Å². The SMILES string of the molecule is CC(C)Oc1ccc(-c2cc(C(F)(F)F)ccc2[C@@H]2CCOc3cc(S(=O)(=O)Nc4ncc(F)cn4)ccc32)cn1. The minimum atomic E-state index is -4.56. The van der Waals surface area contributed by atoms with Crippen molar-refractivity contribution in [3.8, 4) is 22.8 Å². The van der Waals surface area contributed by atoms with Crippen LogP contribution in [-0.4, -0.2) is 36.1 Å². The van der Waals surface area contributed by atoms with Crippen molar-refractivity contribution >= 4 is 16.0 Å². The molecule has 1 atom stereocenters. The zero-order valence-electron chi connectivity index (χ0n) is 21.8. The average Bonchev–Trinajstić information content (AvgIpc) is 2.93. The second kappa shape index (κ2) is 11.0. The van der Waals surface area contributed by atoms with Gasteiger partial charge in [-0.05, 0) is 55.7 Å². The average molecular weight is 589 g/mol. The van der Waals surface area contributed by atoms with E-state index >= 15 is 0 Å². The Kier molecular flexibility index (Phi) is 7.56. The third kappa shape index (κ3) is 6.24. The zero-order chi connectivity index (χ0) is 29.4. The summed E-state index contributed by atoms with van der Waals surface area (Å²) in [5.41, 5.74) is 1.23. The fourth-order valence-corrected chi connectivity index (χ4v) is 5.51. The highest BCUT2D eigenvalue weighted by Gasteiger charge is 2.33. The second-order valence-electron chi connectivity index (χ2n) is 9.57. The van der Waals surface area contributed by atoms with Crippen molar-refractivity contribution in [1.82, 2.24) is 15.0 Å². The number of nitrogens with zero attached hydrogens (tertiary/aromatic N) is 3. The van der Waals surface area contributed by atoms with Crippen molar-refractivity contribution in [1.29, 1.82) is 0 Å². The number of hydrogen-bond acceptors (Lipinski definition) is 7. The Bertz CT molecular complexity index is 1660. The molecule has 2 aromatic carbocycles. The van der Waals surface area contributed by atoms with Gasteiger partial charge in [0.05, 0.1) is 35.6 Å². The smallest absolute Gasteiger partial charge is 0.416 e. The van der Waals surface area contributed by atoms with E-state index in [4.69, 9.17) is 9.47 Å². The molecule has 0 bridgehead atoms. The fraction of sp³-hybridized carbons (Fsp3) is 0.250. The molecule has 1 aliphatic heterocycles. The molecule has 3 heterocycles. The van der Waals surface area contributed by atoms with Crippen molar-refractivity contribution in [3.63, 3.8) is 0 Å². The molecule has 41 heavy (non-hydrogen) atoms. The number of pyridine rings is 1. The molecular weight excluding hydrogens is 564 g/mol. The summed E-state index contributed by atoms with van der Waals surface area (Å²) in [5, 5.41) is 0. The van der Waals surface area contributed by atoms with E-state index in [1.807, 2.05) is 13.8 Å². The van der Waals surface area contributed by atoms with Crippen molar-refractivity contribution in [3.05, 3.63) is 89.6 Å². The van der Waals surface area contributed by atoms with Gasteiger partial charge in [0.1, 0.15) is 5.75 Å². The zero-order valence-corrected chi connectivity index (χ0v) is 22.6. The molecule has 0 saturated carbocycles. The number of benzene rings is 2. The van der Waals surface area contributed by atoms with Crippen molar-refractivity contribution in [2.75, 3.05) is 11.3 Å². The largest absolute Gasteiger partial charge is 0.493 e. The summed E-state index contributed by atoms with van der Waals surface area (Å²) >= 11 is 0. The third-order valence-electron chi connectivity index (χ3n) is 6.34. The summed E-state index contributed by atoms with van der Waals surface area (Å²) in [7, 11) is -4.15. The summed E-state index contributed by atoms with van der Waals surface area (Å²) in [6.45, 7) is 3.88. The standard InChI is InChI=1S/C28H24F4N4O4S/c1-16(2)40-26-8-3-17(13-33-26)24-11-18(28(30,31)32)4-6-21(24)22-9-10-39-25-12-20(5-7-23(22)25)41(37,38)36-27-34-14-19(29)15-35-27/h3-8,11-16,22H,9-10H2,1-2H3,(H,34,35,36)/t22-/m0/s1. The Morgan fingerprint density at radius 2 is 1.71 bits per heavy atom. The van der Waals surface area contributed by atoms with Crippen molar-refractivity contribution in [2.45, 2.75) is 43.4 Å². The van der Waals surface area contributed by atoms with E-state index in [-0.39, 0.29) is 29.3 Å². The Hall–Kier alpha value is -4.26. The maximum Gasteiger partial charge on any atom is 0.416 e. The molecule has 8 nitrogen and oxygen atoms in total. The summed E-state index contributed by atoms with van der Waals surface area (Å²) in [6.07, 6.45) is -1.11. The van der Waals surface area contributed by atoms with Crippen LogP contribution in [0.25, 0.3) is 11.1 Å². The van der Waals surface area contributed by atoms with Gasteiger partial charge < -0.3 is 9.47 Å². The lowest BCUT2D eigenvalue weighted by molar-refractivity contribution is -0.137. The number of ether oxygens (including phenoxy) is 2. The minimum Gasteiger partial charge on any atom is -0.493 e. The predicted octanol–water partition coefficient (Wildman–Crippen LogP) is 6.20. The summed E-state index contributed by atoms with van der Waals surface area (Å²) in [6, 6.07) is 11.1. The second-order valence-corrected chi connectivity index (χ2v) is 11.3. The molecule has 13 heteroatoms. The normalized spacial score (nSPS) is 15.2. The Balaban J connectivity index is 1.53. The van der Waals surface area contributed by atoms with Crippen LogP contribution < -0.4 is 14.2 Å². The van der Waals surface area contributed by atoms with Crippen molar-refractivity contribution in [2.24, 2.45) is 0 Å². The predicted molar refractivity (Wildman–Crippen MR) is 142 cm³/mol. The quantitative estimate of drug-likeness (QED) is 0.257. The minimum absolute atomic E-state index is 0.122. The third-order valence-corrected chi connectivity index (χ3v) is 7.67. The summed E-state index contributed by atoms with van der Waals surface area (Å²) in [5.74, 6) is -0.807. The molecule has 0 aliphatic carbocycles. The first-order chi connectivity index (χ1) is 19.4. The summed E-state index contributed by atoms with van der Waals surface area (Å²) in [4.78, 5) is 11.3. The van der Waals surface area contributed by atoms with E-state index in [2.05, 4.69) is 19.7 Å². The van der Waals surface area contributed by atoms with Crippen LogP contribution in [0.2, 0.25) is 0 Å². The maximum absolute atomic E-state index is 13.7. The van der Waals surface area contributed by atoms with Gasteiger partial charge in [0.25, 0.3) is 10.0 Å². The van der Waals surface area contributed by atoms with Crippen LogP contribution in [-0.2, 0) is 16.2 Å². The fourth-order valence-electron chi connectivity index (χ4n) is 4.54. The topological polar surface area (TPSA) is 103 Å². The van der Waals surface area contributed by atoms with Gasteiger partial charge in [-0.2, -0.15) is 13.2 Å². The highest BCUT2D eigenvalue weighted by Crippen LogP contribution is 2.44. The highest BCUT2D eigenvalue weighted by atomic mass is 32.2. The Morgan fingerprint density at radius 3 is 2.37 bits per heavy atom. The molecule has 214 valence electrons. The molecule has 0 amide bonds. The molecule has 0 fully saturated rings. The first kappa shape index (κ1) is 28.3. The van der Waals surface area contributed by atoms with Gasteiger partial charge >= 0.3 is 6.18 Å². The molecule has 5 rings (SSSR count). The molecule has 0 spiro atoms. The lowest BCUT2D eigenvalue weighted by Gasteiger charge is -2.29. The molecule has 1 N–H and O–H groups in total. The van der Waals surface area contributed by atoms with Gasteiger partial charge in [0.15, 0.2) is 5.82 Å². The van der Waals surface area contributed by atoms with Crippen LogP contribution in [0.15, 0.2) is 72.0 Å². The molecular formula is C28H24F4N4O4S. The lowest BCUT2D eigenvalue weighted by atomic mass is 9.82. The van der Waals surface area contributed by atoms with E-state index in [9.17, 15) is 26.0 Å². The van der Waals surface area contributed by atoms with Crippen LogP contribution in [0.5, 0.6) is 11.6 Å². The van der Waals surface area contributed by atoms with Crippen molar-refractivity contribution < 1.29 is 35.5 Å². The maximum atomic E-state index is 13.7. The van der Waals surface area contributed by atoms with Crippen LogP contribution in [0.1, 0.15) is 42.9 Å². The molecule has 1 aliphatic rings. The first-order valence-corrected chi connectivity index (χ1v) is 14.0. The first-order valence-electron chi connectivity index (χ1n) is 12.5. The number of halogens is 4. The van der Waals surface area contributed by atoms with E-state index in [0.29, 0.717) is 34.6 Å². The van der Waals surface area contributed by atoms with Crippen LogP contribution in [0.3, 0.4) is 0 Å². The molecule has 2 aromatic heterocycles. The van der Waals surface area contributed by atoms with E-state index in [1.54, 1.807) is 18.2 Å². The number of rotatable bonds is 7. The number of alkyl halides is 3. The van der Waals surface area contributed by atoms with Crippen LogP contribution >= 0.6 is 0 Å². The Morgan fingerprint density at radius 1 is 0.976 bits per heavy atom. The van der Waals surface area contributed by atoms with E-state index in [1.165, 1.54) is 24.4 Å². The van der Waals surface area contributed by atoms with E-state index < -0.39 is 33.5 Å². The number of fused-ring (bicyclic) bond motifs is 1. The van der Waals surface area contributed by atoms with E-state index in [0.717, 1.165) is 24.5 Å². The number of anilines is 1.